The van der Waals surface area contributed by atoms with Gasteiger partial charge in [-0.3, -0.25) is 0 Å². The molecule has 5 nitrogen and oxygen atoms in total. The van der Waals surface area contributed by atoms with Crippen LogP contribution < -0.4 is 5.73 Å². The normalized spacial score (nSPS) is 10.8. The summed E-state index contributed by atoms with van der Waals surface area (Å²) in [6, 6.07) is 2.07. The zero-order chi connectivity index (χ0) is 14.7. The number of nitrogens with zero attached hydrogens (tertiary/aromatic N) is 2. The molecule has 0 unspecified atom stereocenters. The number of aromatic nitrogens is 2. The lowest BCUT2D eigenvalue weighted by Crippen LogP contribution is -2.11. The standard InChI is InChI=1S/C14H19N3O2S/c1-4-11-16-12(14(18)19-5-2)13(15)17(11)8-10-9(3)6-7-20-10/h6-7H,4-5,8,15H2,1-3H3. The first-order chi connectivity index (χ1) is 9.58. The van der Waals surface area contributed by atoms with E-state index in [0.717, 1.165) is 5.82 Å². The van der Waals surface area contributed by atoms with Crippen LogP contribution in [0, 0.1) is 6.92 Å². The summed E-state index contributed by atoms with van der Waals surface area (Å²) in [5.74, 6) is 0.729. The summed E-state index contributed by atoms with van der Waals surface area (Å²) in [5, 5.41) is 2.05. The Bertz CT molecular complexity index is 616. The summed E-state index contributed by atoms with van der Waals surface area (Å²) >= 11 is 1.68. The molecule has 0 fully saturated rings. The number of anilines is 1. The molecule has 2 heterocycles. The molecule has 0 spiro atoms. The first kappa shape index (κ1) is 14.6. The van der Waals surface area contributed by atoms with Crippen LogP contribution in [-0.4, -0.2) is 22.1 Å². The molecule has 0 aliphatic heterocycles. The maximum atomic E-state index is 11.8. The fourth-order valence-electron chi connectivity index (χ4n) is 2.02. The van der Waals surface area contributed by atoms with Gasteiger partial charge in [0.05, 0.1) is 13.2 Å². The molecule has 20 heavy (non-hydrogen) atoms. The highest BCUT2D eigenvalue weighted by Gasteiger charge is 2.21. The predicted octanol–water partition coefficient (Wildman–Crippen LogP) is 2.62. The number of nitrogen functional groups attached to an aromatic ring is 1. The molecule has 0 aliphatic carbocycles. The van der Waals surface area contributed by atoms with Gasteiger partial charge in [-0.2, -0.15) is 0 Å². The monoisotopic (exact) mass is 293 g/mol. The Morgan fingerprint density at radius 3 is 2.80 bits per heavy atom. The van der Waals surface area contributed by atoms with Crippen molar-refractivity contribution in [3.05, 3.63) is 33.4 Å². The number of hydrogen-bond acceptors (Lipinski definition) is 5. The number of rotatable bonds is 5. The van der Waals surface area contributed by atoms with Crippen LogP contribution in [0.2, 0.25) is 0 Å². The first-order valence-corrected chi connectivity index (χ1v) is 7.51. The SMILES string of the molecule is CCOC(=O)c1nc(CC)n(Cc2sccc2C)c1N. The zero-order valence-electron chi connectivity index (χ0n) is 12.0. The molecule has 0 amide bonds. The van der Waals surface area contributed by atoms with Crippen molar-refractivity contribution in [2.45, 2.75) is 33.7 Å². The van der Waals surface area contributed by atoms with Crippen LogP contribution >= 0.6 is 11.3 Å². The maximum Gasteiger partial charge on any atom is 0.360 e. The number of aryl methyl sites for hydroxylation is 2. The van der Waals surface area contributed by atoms with E-state index in [-0.39, 0.29) is 5.69 Å². The first-order valence-electron chi connectivity index (χ1n) is 6.63. The van der Waals surface area contributed by atoms with Gasteiger partial charge in [0, 0.05) is 11.3 Å². The van der Waals surface area contributed by atoms with E-state index < -0.39 is 5.97 Å². The Balaban J connectivity index is 2.37. The van der Waals surface area contributed by atoms with Crippen molar-refractivity contribution in [2.75, 3.05) is 12.3 Å². The van der Waals surface area contributed by atoms with Gasteiger partial charge < -0.3 is 15.0 Å². The van der Waals surface area contributed by atoms with Gasteiger partial charge in [-0.15, -0.1) is 11.3 Å². The lowest BCUT2D eigenvalue weighted by atomic mass is 10.3. The molecule has 2 N–H and O–H groups in total. The van der Waals surface area contributed by atoms with Crippen molar-refractivity contribution < 1.29 is 9.53 Å². The van der Waals surface area contributed by atoms with Gasteiger partial charge in [-0.05, 0) is 30.9 Å². The highest BCUT2D eigenvalue weighted by atomic mass is 32.1. The molecule has 2 aromatic rings. The molecule has 2 aromatic heterocycles. The number of ether oxygens (including phenoxy) is 1. The molecule has 0 aromatic carbocycles. The molecular weight excluding hydrogens is 274 g/mol. The van der Waals surface area contributed by atoms with Crippen molar-refractivity contribution in [2.24, 2.45) is 0 Å². The van der Waals surface area contributed by atoms with Crippen molar-refractivity contribution in [1.29, 1.82) is 0 Å². The Labute approximate surface area is 122 Å². The van der Waals surface area contributed by atoms with E-state index in [0.29, 0.717) is 25.4 Å². The molecule has 108 valence electrons. The van der Waals surface area contributed by atoms with Gasteiger partial charge in [-0.1, -0.05) is 6.92 Å². The largest absolute Gasteiger partial charge is 0.461 e. The second-order valence-electron chi connectivity index (χ2n) is 4.45. The quantitative estimate of drug-likeness (QED) is 0.860. The van der Waals surface area contributed by atoms with E-state index in [4.69, 9.17) is 10.5 Å². The molecule has 2 rings (SSSR count). The van der Waals surface area contributed by atoms with Crippen molar-refractivity contribution in [3.8, 4) is 0 Å². The summed E-state index contributed by atoms with van der Waals surface area (Å²) in [4.78, 5) is 17.4. The fraction of sp³-hybridized carbons (Fsp3) is 0.429. The number of carbonyl (C=O) groups excluding carboxylic acids is 1. The van der Waals surface area contributed by atoms with Crippen LogP contribution in [-0.2, 0) is 17.7 Å². The van der Waals surface area contributed by atoms with Crippen LogP contribution in [0.15, 0.2) is 11.4 Å². The number of nitrogens with two attached hydrogens (primary N) is 1. The highest BCUT2D eigenvalue weighted by molar-refractivity contribution is 7.10. The van der Waals surface area contributed by atoms with Crippen LogP contribution in [0.3, 0.4) is 0 Å². The highest BCUT2D eigenvalue weighted by Crippen LogP contribution is 2.22. The Morgan fingerprint density at radius 2 is 2.25 bits per heavy atom. The minimum Gasteiger partial charge on any atom is -0.461 e. The van der Waals surface area contributed by atoms with Crippen LogP contribution in [0.1, 0.15) is 40.6 Å². The van der Waals surface area contributed by atoms with E-state index in [1.165, 1.54) is 10.4 Å². The lowest BCUT2D eigenvalue weighted by Gasteiger charge is -2.08. The maximum absolute atomic E-state index is 11.8. The summed E-state index contributed by atoms with van der Waals surface area (Å²) in [6.45, 7) is 6.79. The Morgan fingerprint density at radius 1 is 1.50 bits per heavy atom. The van der Waals surface area contributed by atoms with Gasteiger partial charge >= 0.3 is 5.97 Å². The van der Waals surface area contributed by atoms with E-state index in [1.807, 2.05) is 11.5 Å². The average Bonchev–Trinajstić information content (AvgIpc) is 2.96. The zero-order valence-corrected chi connectivity index (χ0v) is 12.8. The number of hydrogen-bond donors (Lipinski definition) is 1. The number of esters is 1. The van der Waals surface area contributed by atoms with Crippen molar-refractivity contribution >= 4 is 23.1 Å². The average molecular weight is 293 g/mol. The minimum atomic E-state index is -0.457. The van der Waals surface area contributed by atoms with Crippen LogP contribution in [0.25, 0.3) is 0 Å². The van der Waals surface area contributed by atoms with Gasteiger partial charge in [0.1, 0.15) is 11.6 Å². The van der Waals surface area contributed by atoms with E-state index in [2.05, 4.69) is 23.4 Å². The number of carbonyl (C=O) groups is 1. The van der Waals surface area contributed by atoms with Crippen molar-refractivity contribution in [3.63, 3.8) is 0 Å². The van der Waals surface area contributed by atoms with Gasteiger partial charge in [0.2, 0.25) is 0 Å². The fourth-order valence-corrected chi connectivity index (χ4v) is 2.91. The summed E-state index contributed by atoms with van der Waals surface area (Å²) in [6.07, 6.45) is 0.716. The Hall–Kier alpha value is -1.82. The van der Waals surface area contributed by atoms with Crippen molar-refractivity contribution in [1.82, 2.24) is 9.55 Å². The smallest absolute Gasteiger partial charge is 0.360 e. The molecule has 0 radical (unpaired) electrons. The summed E-state index contributed by atoms with van der Waals surface area (Å²) < 4.78 is 6.88. The van der Waals surface area contributed by atoms with Gasteiger partial charge in [-0.25, -0.2) is 9.78 Å². The topological polar surface area (TPSA) is 70.1 Å². The molecule has 0 atom stereocenters. The lowest BCUT2D eigenvalue weighted by molar-refractivity contribution is 0.0521. The Kier molecular flexibility index (Phi) is 4.44. The molecule has 0 bridgehead atoms. The third-order valence-corrected chi connectivity index (χ3v) is 4.15. The third-order valence-electron chi connectivity index (χ3n) is 3.14. The van der Waals surface area contributed by atoms with E-state index in [1.54, 1.807) is 18.3 Å². The second kappa shape index (κ2) is 6.09. The molecule has 0 aliphatic rings. The number of thiophene rings is 1. The predicted molar refractivity (Wildman–Crippen MR) is 80.1 cm³/mol. The van der Waals surface area contributed by atoms with E-state index in [9.17, 15) is 4.79 Å². The number of imidazole rings is 1. The van der Waals surface area contributed by atoms with Gasteiger partial charge in [0.25, 0.3) is 0 Å². The minimum absolute atomic E-state index is 0.220. The molecular formula is C14H19N3O2S. The van der Waals surface area contributed by atoms with Gasteiger partial charge in [0.15, 0.2) is 5.69 Å². The summed E-state index contributed by atoms with van der Waals surface area (Å²) in [5.41, 5.74) is 7.53. The molecule has 6 heteroatoms. The molecule has 0 saturated heterocycles. The molecule has 0 saturated carbocycles. The van der Waals surface area contributed by atoms with Crippen LogP contribution in [0.5, 0.6) is 0 Å². The van der Waals surface area contributed by atoms with Crippen LogP contribution in [0.4, 0.5) is 5.82 Å². The van der Waals surface area contributed by atoms with E-state index >= 15 is 0 Å². The third kappa shape index (κ3) is 2.70. The second-order valence-corrected chi connectivity index (χ2v) is 5.45. The summed E-state index contributed by atoms with van der Waals surface area (Å²) in [7, 11) is 0.